The second-order valence-corrected chi connectivity index (χ2v) is 7.64. The van der Waals surface area contributed by atoms with Crippen LogP contribution in [0.1, 0.15) is 59.1 Å². The van der Waals surface area contributed by atoms with Gasteiger partial charge in [0.15, 0.2) is 11.8 Å². The molecular formula is C19H38IN7. The van der Waals surface area contributed by atoms with Crippen LogP contribution < -0.4 is 10.6 Å². The van der Waals surface area contributed by atoms with Crippen molar-refractivity contribution >= 4 is 29.9 Å². The fraction of sp³-hybridized carbons (Fsp3) is 0.842. The Bertz CT molecular complexity index is 575. The third kappa shape index (κ3) is 7.21. The third-order valence-corrected chi connectivity index (χ3v) is 4.99. The minimum absolute atomic E-state index is 0. The monoisotopic (exact) mass is 491 g/mol. The average molecular weight is 491 g/mol. The third-order valence-electron chi connectivity index (χ3n) is 4.99. The molecule has 27 heavy (non-hydrogen) atoms. The zero-order chi connectivity index (χ0) is 19.1. The zero-order valence-corrected chi connectivity index (χ0v) is 20.2. The number of aliphatic imine (C=N–C) groups is 1. The minimum Gasteiger partial charge on any atom is -0.356 e. The number of aromatic nitrogens is 3. The molecule has 0 aliphatic carbocycles. The highest BCUT2D eigenvalue weighted by molar-refractivity contribution is 14.0. The van der Waals surface area contributed by atoms with E-state index < -0.39 is 0 Å². The number of hydrogen-bond acceptors (Lipinski definition) is 4. The van der Waals surface area contributed by atoms with E-state index in [1.165, 1.54) is 0 Å². The van der Waals surface area contributed by atoms with Crippen LogP contribution in [0.4, 0.5) is 0 Å². The number of nitrogens with one attached hydrogen (secondary N) is 2. The summed E-state index contributed by atoms with van der Waals surface area (Å²) >= 11 is 0. The van der Waals surface area contributed by atoms with Gasteiger partial charge in [-0.3, -0.25) is 9.89 Å². The smallest absolute Gasteiger partial charge is 0.191 e. The van der Waals surface area contributed by atoms with Crippen LogP contribution in [0, 0.1) is 0 Å². The van der Waals surface area contributed by atoms with Gasteiger partial charge in [0.1, 0.15) is 5.82 Å². The molecule has 2 heterocycles. The summed E-state index contributed by atoms with van der Waals surface area (Å²) in [6.45, 7) is 14.0. The van der Waals surface area contributed by atoms with Crippen molar-refractivity contribution in [2.45, 2.75) is 85.0 Å². The Morgan fingerprint density at radius 1 is 1.30 bits per heavy atom. The number of halogens is 1. The normalized spacial score (nSPS) is 17.2. The van der Waals surface area contributed by atoms with E-state index in [0.29, 0.717) is 18.1 Å². The van der Waals surface area contributed by atoms with Gasteiger partial charge in [0, 0.05) is 51.1 Å². The molecule has 0 saturated heterocycles. The quantitative estimate of drug-likeness (QED) is 0.253. The largest absolute Gasteiger partial charge is 0.356 e. The number of hydrogen-bond donors (Lipinski definition) is 2. The van der Waals surface area contributed by atoms with Gasteiger partial charge in [-0.05, 0) is 40.5 Å². The first-order valence-corrected chi connectivity index (χ1v) is 10.1. The van der Waals surface area contributed by atoms with Crippen LogP contribution in [0.5, 0.6) is 0 Å². The average Bonchev–Trinajstić information content (AvgIpc) is 3.02. The van der Waals surface area contributed by atoms with E-state index in [9.17, 15) is 0 Å². The molecule has 7 nitrogen and oxygen atoms in total. The zero-order valence-electron chi connectivity index (χ0n) is 17.8. The second-order valence-electron chi connectivity index (χ2n) is 7.64. The molecule has 8 heteroatoms. The van der Waals surface area contributed by atoms with Crippen LogP contribution in [0.3, 0.4) is 0 Å². The van der Waals surface area contributed by atoms with E-state index in [1.807, 2.05) is 7.05 Å². The summed E-state index contributed by atoms with van der Waals surface area (Å²) < 4.78 is 2.05. The lowest BCUT2D eigenvalue weighted by Crippen LogP contribution is -2.47. The van der Waals surface area contributed by atoms with Crippen LogP contribution in [0.15, 0.2) is 4.99 Å². The van der Waals surface area contributed by atoms with Crippen LogP contribution in [-0.4, -0.2) is 63.9 Å². The molecular weight excluding hydrogens is 453 g/mol. The van der Waals surface area contributed by atoms with Gasteiger partial charge in [0.05, 0.1) is 6.54 Å². The topological polar surface area (TPSA) is 70.4 Å². The Morgan fingerprint density at radius 2 is 2.00 bits per heavy atom. The van der Waals surface area contributed by atoms with Gasteiger partial charge in [-0.15, -0.1) is 24.0 Å². The molecule has 1 aliphatic heterocycles. The van der Waals surface area contributed by atoms with Crippen LogP contribution in [0.2, 0.25) is 0 Å². The standard InChI is InChI=1S/C19H37N7.HI/c1-7-17-23-18-10-9-16(13-26(18)24-17)22-19(20-6)21-11-8-12-25(14(2)3)15(4)5;/h14-16H,7-13H2,1-6H3,(H2,20,21,22);1H. The van der Waals surface area contributed by atoms with E-state index in [0.717, 1.165) is 62.9 Å². The summed E-state index contributed by atoms with van der Waals surface area (Å²) in [5.41, 5.74) is 0. The molecule has 0 bridgehead atoms. The van der Waals surface area contributed by atoms with E-state index in [-0.39, 0.29) is 24.0 Å². The van der Waals surface area contributed by atoms with E-state index in [1.54, 1.807) is 0 Å². The lowest BCUT2D eigenvalue weighted by Gasteiger charge is -2.30. The SMILES string of the molecule is CCc1nc2n(n1)CC(NC(=NC)NCCCN(C(C)C)C(C)C)CC2.I. The number of aryl methyl sites for hydroxylation is 2. The van der Waals surface area contributed by atoms with Crippen molar-refractivity contribution in [1.29, 1.82) is 0 Å². The summed E-state index contributed by atoms with van der Waals surface area (Å²) in [5.74, 6) is 2.95. The molecule has 2 rings (SSSR count). The first-order chi connectivity index (χ1) is 12.4. The number of nitrogens with zero attached hydrogens (tertiary/aromatic N) is 5. The summed E-state index contributed by atoms with van der Waals surface area (Å²) in [6.07, 6.45) is 4.04. The van der Waals surface area contributed by atoms with Crippen LogP contribution in [0.25, 0.3) is 0 Å². The predicted molar refractivity (Wildman–Crippen MR) is 123 cm³/mol. The molecule has 0 radical (unpaired) electrons. The summed E-state index contributed by atoms with van der Waals surface area (Å²) in [6, 6.07) is 1.52. The Labute approximate surface area is 181 Å². The molecule has 1 aromatic rings. The fourth-order valence-electron chi connectivity index (χ4n) is 3.60. The van der Waals surface area contributed by atoms with Crippen molar-refractivity contribution in [3.63, 3.8) is 0 Å². The fourth-order valence-corrected chi connectivity index (χ4v) is 3.60. The maximum atomic E-state index is 4.58. The molecule has 0 amide bonds. The predicted octanol–water partition coefficient (Wildman–Crippen LogP) is 2.45. The Hall–Kier alpha value is -0.900. The maximum Gasteiger partial charge on any atom is 0.191 e. The molecule has 0 spiro atoms. The van der Waals surface area contributed by atoms with Crippen molar-refractivity contribution < 1.29 is 0 Å². The Balaban J connectivity index is 0.00000364. The lowest BCUT2D eigenvalue weighted by molar-refractivity contribution is 0.173. The number of fused-ring (bicyclic) bond motifs is 1. The molecule has 156 valence electrons. The van der Waals surface area contributed by atoms with Gasteiger partial charge in [-0.25, -0.2) is 9.67 Å². The summed E-state index contributed by atoms with van der Waals surface area (Å²) in [7, 11) is 1.84. The molecule has 1 aromatic heterocycles. The Kier molecular flexibility index (Phi) is 10.6. The van der Waals surface area contributed by atoms with Crippen LogP contribution >= 0.6 is 24.0 Å². The molecule has 0 fully saturated rings. The first-order valence-electron chi connectivity index (χ1n) is 10.1. The summed E-state index contributed by atoms with van der Waals surface area (Å²) in [4.78, 5) is 11.5. The minimum atomic E-state index is 0. The highest BCUT2D eigenvalue weighted by Gasteiger charge is 2.22. The molecule has 1 unspecified atom stereocenters. The molecule has 0 saturated carbocycles. The number of rotatable bonds is 8. The highest BCUT2D eigenvalue weighted by Crippen LogP contribution is 2.13. The van der Waals surface area contributed by atoms with Crippen molar-refractivity contribution in [3.05, 3.63) is 11.6 Å². The summed E-state index contributed by atoms with van der Waals surface area (Å²) in [5, 5.41) is 11.6. The molecule has 1 aliphatic rings. The van der Waals surface area contributed by atoms with E-state index in [2.05, 4.69) is 69.9 Å². The van der Waals surface area contributed by atoms with Gasteiger partial charge in [-0.1, -0.05) is 6.92 Å². The van der Waals surface area contributed by atoms with Gasteiger partial charge >= 0.3 is 0 Å². The molecule has 1 atom stereocenters. The van der Waals surface area contributed by atoms with E-state index in [4.69, 9.17) is 0 Å². The molecule has 2 N–H and O–H groups in total. The van der Waals surface area contributed by atoms with Gasteiger partial charge < -0.3 is 10.6 Å². The van der Waals surface area contributed by atoms with E-state index >= 15 is 0 Å². The van der Waals surface area contributed by atoms with Crippen molar-refractivity contribution in [1.82, 2.24) is 30.3 Å². The first kappa shape index (κ1) is 24.1. The van der Waals surface area contributed by atoms with Gasteiger partial charge in [0.25, 0.3) is 0 Å². The van der Waals surface area contributed by atoms with Crippen molar-refractivity contribution in [2.24, 2.45) is 4.99 Å². The van der Waals surface area contributed by atoms with Gasteiger partial charge in [0.2, 0.25) is 0 Å². The maximum absolute atomic E-state index is 4.58. The second kappa shape index (κ2) is 11.8. The molecule has 0 aromatic carbocycles. The lowest BCUT2D eigenvalue weighted by atomic mass is 10.1. The highest BCUT2D eigenvalue weighted by atomic mass is 127. The van der Waals surface area contributed by atoms with Gasteiger partial charge in [-0.2, -0.15) is 5.10 Å². The Morgan fingerprint density at radius 3 is 2.59 bits per heavy atom. The van der Waals surface area contributed by atoms with Crippen molar-refractivity contribution in [3.8, 4) is 0 Å². The van der Waals surface area contributed by atoms with Crippen LogP contribution in [-0.2, 0) is 19.4 Å². The van der Waals surface area contributed by atoms with Crippen molar-refractivity contribution in [2.75, 3.05) is 20.1 Å². The number of guanidine groups is 1.